The second kappa shape index (κ2) is 7.91. The van der Waals surface area contributed by atoms with E-state index >= 15 is 0 Å². The molecule has 1 aromatic carbocycles. The third-order valence-corrected chi connectivity index (χ3v) is 3.76. The molecule has 1 aromatic rings. The van der Waals surface area contributed by atoms with Gasteiger partial charge in [-0.25, -0.2) is 4.39 Å². The van der Waals surface area contributed by atoms with E-state index in [0.29, 0.717) is 5.92 Å². The molecule has 1 unspecified atom stereocenters. The van der Waals surface area contributed by atoms with Crippen LogP contribution in [-0.4, -0.2) is 24.1 Å². The minimum absolute atomic E-state index is 0.0765. The molecule has 0 amide bonds. The van der Waals surface area contributed by atoms with Gasteiger partial charge in [-0.3, -0.25) is 0 Å². The average Bonchev–Trinajstić information content (AvgIpc) is 2.34. The maximum atomic E-state index is 13.7. The first kappa shape index (κ1) is 16.5. The fourth-order valence-electron chi connectivity index (χ4n) is 1.99. The summed E-state index contributed by atoms with van der Waals surface area (Å²) < 4.78 is 13.7. The average molecular weight is 283 g/mol. The maximum Gasteiger partial charge on any atom is 0.126 e. The number of hydrogen-bond donors (Lipinski definition) is 1. The normalized spacial score (nSPS) is 13.5. The van der Waals surface area contributed by atoms with E-state index < -0.39 is 0 Å². The van der Waals surface area contributed by atoms with E-state index in [1.165, 1.54) is 0 Å². The van der Waals surface area contributed by atoms with Crippen molar-refractivity contribution in [3.05, 3.63) is 35.6 Å². The highest BCUT2D eigenvalue weighted by Crippen LogP contribution is 2.17. The van der Waals surface area contributed by atoms with Gasteiger partial charge in [0.1, 0.15) is 5.82 Å². The Balaban J connectivity index is 2.61. The van der Waals surface area contributed by atoms with E-state index in [2.05, 4.69) is 32.3 Å². The first-order chi connectivity index (χ1) is 8.92. The van der Waals surface area contributed by atoms with Crippen LogP contribution in [0.2, 0.25) is 0 Å². The Labute approximate surface area is 121 Å². The van der Waals surface area contributed by atoms with E-state index in [0.717, 1.165) is 30.7 Å². The fraction of sp³-hybridized carbons (Fsp3) is 0.625. The molecule has 0 spiro atoms. The Kier molecular flexibility index (Phi) is 6.87. The van der Waals surface area contributed by atoms with Crippen molar-refractivity contribution in [1.29, 1.82) is 0 Å². The van der Waals surface area contributed by atoms with E-state index in [9.17, 15) is 4.39 Å². The van der Waals surface area contributed by atoms with Crippen LogP contribution < -0.4 is 5.32 Å². The molecule has 19 heavy (non-hydrogen) atoms. The van der Waals surface area contributed by atoms with Gasteiger partial charge in [0.15, 0.2) is 0 Å². The van der Waals surface area contributed by atoms with E-state index in [1.807, 2.05) is 23.9 Å². The van der Waals surface area contributed by atoms with Crippen molar-refractivity contribution in [3.8, 4) is 0 Å². The molecule has 0 aliphatic carbocycles. The van der Waals surface area contributed by atoms with Crippen molar-refractivity contribution in [2.75, 3.05) is 18.6 Å². The molecule has 0 radical (unpaired) electrons. The second-order valence-electron chi connectivity index (χ2n) is 6.07. The van der Waals surface area contributed by atoms with Gasteiger partial charge in [0.25, 0.3) is 0 Å². The highest BCUT2D eigenvalue weighted by atomic mass is 32.2. The Morgan fingerprint density at radius 3 is 2.53 bits per heavy atom. The van der Waals surface area contributed by atoms with E-state index in [-0.39, 0.29) is 11.4 Å². The van der Waals surface area contributed by atoms with Crippen LogP contribution in [0.4, 0.5) is 4.39 Å². The van der Waals surface area contributed by atoms with Crippen molar-refractivity contribution in [2.45, 2.75) is 39.2 Å². The lowest BCUT2D eigenvalue weighted by Crippen LogP contribution is -2.39. The van der Waals surface area contributed by atoms with Crippen LogP contribution in [0.25, 0.3) is 0 Å². The molecule has 1 N–H and O–H groups in total. The molecule has 0 bridgehead atoms. The topological polar surface area (TPSA) is 12.0 Å². The molecule has 0 saturated heterocycles. The van der Waals surface area contributed by atoms with Gasteiger partial charge in [0, 0.05) is 5.54 Å². The largest absolute Gasteiger partial charge is 0.312 e. The zero-order chi connectivity index (χ0) is 14.3. The molecular weight excluding hydrogens is 257 g/mol. The molecule has 0 saturated carbocycles. The van der Waals surface area contributed by atoms with Crippen LogP contribution in [0, 0.1) is 11.7 Å². The maximum absolute atomic E-state index is 13.7. The molecule has 0 heterocycles. The number of nitrogens with one attached hydrogen (secondary N) is 1. The van der Waals surface area contributed by atoms with Crippen LogP contribution in [0.5, 0.6) is 0 Å². The van der Waals surface area contributed by atoms with Crippen molar-refractivity contribution < 1.29 is 4.39 Å². The highest BCUT2D eigenvalue weighted by Gasteiger charge is 2.16. The van der Waals surface area contributed by atoms with Gasteiger partial charge in [-0.2, -0.15) is 11.8 Å². The van der Waals surface area contributed by atoms with Crippen LogP contribution in [-0.2, 0) is 6.42 Å². The molecule has 108 valence electrons. The Bertz CT molecular complexity index is 373. The summed E-state index contributed by atoms with van der Waals surface area (Å²) in [6.07, 6.45) is 4.06. The minimum Gasteiger partial charge on any atom is -0.312 e. The van der Waals surface area contributed by atoms with Gasteiger partial charge in [0.05, 0.1) is 0 Å². The summed E-state index contributed by atoms with van der Waals surface area (Å²) >= 11 is 1.86. The van der Waals surface area contributed by atoms with E-state index in [1.54, 1.807) is 12.1 Å². The predicted molar refractivity (Wildman–Crippen MR) is 84.3 cm³/mol. The molecule has 0 aliphatic heterocycles. The number of thioether (sulfide) groups is 1. The third kappa shape index (κ3) is 6.98. The highest BCUT2D eigenvalue weighted by molar-refractivity contribution is 7.98. The lowest BCUT2D eigenvalue weighted by molar-refractivity contribution is 0.362. The molecule has 0 aliphatic rings. The number of hydrogen-bond acceptors (Lipinski definition) is 2. The van der Waals surface area contributed by atoms with Crippen LogP contribution in [0.3, 0.4) is 0 Å². The molecule has 1 rings (SSSR count). The minimum atomic E-state index is -0.0765. The fourth-order valence-corrected chi connectivity index (χ4v) is 2.56. The summed E-state index contributed by atoms with van der Waals surface area (Å²) in [7, 11) is 0. The van der Waals surface area contributed by atoms with Crippen molar-refractivity contribution >= 4 is 11.8 Å². The van der Waals surface area contributed by atoms with Crippen molar-refractivity contribution in [1.82, 2.24) is 5.32 Å². The Morgan fingerprint density at radius 2 is 1.95 bits per heavy atom. The first-order valence-corrected chi connectivity index (χ1v) is 8.29. The smallest absolute Gasteiger partial charge is 0.126 e. The number of rotatable bonds is 7. The molecular formula is C16H26FNS. The number of benzene rings is 1. The van der Waals surface area contributed by atoms with Gasteiger partial charge in [-0.05, 0) is 69.7 Å². The molecule has 1 nitrogen and oxygen atoms in total. The lowest BCUT2D eigenvalue weighted by atomic mass is 9.95. The molecule has 1 atom stereocenters. The monoisotopic (exact) mass is 283 g/mol. The van der Waals surface area contributed by atoms with Gasteiger partial charge < -0.3 is 5.32 Å². The van der Waals surface area contributed by atoms with Gasteiger partial charge >= 0.3 is 0 Å². The summed E-state index contributed by atoms with van der Waals surface area (Å²) in [5.41, 5.74) is 0.955. The molecule has 0 fully saturated rings. The first-order valence-electron chi connectivity index (χ1n) is 6.90. The van der Waals surface area contributed by atoms with Gasteiger partial charge in [-0.15, -0.1) is 0 Å². The second-order valence-corrected chi connectivity index (χ2v) is 7.06. The molecule has 0 aromatic heterocycles. The predicted octanol–water partition coefficient (Wildman–Crippen LogP) is 4.13. The van der Waals surface area contributed by atoms with Crippen LogP contribution in [0.1, 0.15) is 32.8 Å². The van der Waals surface area contributed by atoms with Crippen LogP contribution in [0.15, 0.2) is 24.3 Å². The summed E-state index contributed by atoms with van der Waals surface area (Å²) in [5.74, 6) is 1.54. The summed E-state index contributed by atoms with van der Waals surface area (Å²) in [6.45, 7) is 7.45. The Morgan fingerprint density at radius 1 is 1.26 bits per heavy atom. The van der Waals surface area contributed by atoms with Gasteiger partial charge in [-0.1, -0.05) is 18.2 Å². The SMILES string of the molecule is CSCCC(CNC(C)(C)C)Cc1ccccc1F. The summed E-state index contributed by atoms with van der Waals surface area (Å²) in [6, 6.07) is 7.13. The quantitative estimate of drug-likeness (QED) is 0.807. The van der Waals surface area contributed by atoms with Crippen molar-refractivity contribution in [3.63, 3.8) is 0 Å². The zero-order valence-electron chi connectivity index (χ0n) is 12.5. The van der Waals surface area contributed by atoms with Crippen molar-refractivity contribution in [2.24, 2.45) is 5.92 Å². The number of halogens is 1. The zero-order valence-corrected chi connectivity index (χ0v) is 13.3. The van der Waals surface area contributed by atoms with E-state index in [4.69, 9.17) is 0 Å². The lowest BCUT2D eigenvalue weighted by Gasteiger charge is -2.25. The third-order valence-electron chi connectivity index (χ3n) is 3.12. The standard InChI is InChI=1S/C16H26FNS/c1-16(2,3)18-12-13(9-10-19-4)11-14-7-5-6-8-15(14)17/h5-8,13,18H,9-12H2,1-4H3. The van der Waals surface area contributed by atoms with Gasteiger partial charge in [0.2, 0.25) is 0 Å². The summed E-state index contributed by atoms with van der Waals surface area (Å²) in [5, 5.41) is 3.54. The Hall–Kier alpha value is -0.540. The summed E-state index contributed by atoms with van der Waals surface area (Å²) in [4.78, 5) is 0. The molecule has 3 heteroatoms. The van der Waals surface area contributed by atoms with Crippen LogP contribution >= 0.6 is 11.8 Å².